The van der Waals surface area contributed by atoms with Gasteiger partial charge in [0.2, 0.25) is 0 Å². The third-order valence-corrected chi connectivity index (χ3v) is 7.23. The van der Waals surface area contributed by atoms with Gasteiger partial charge < -0.3 is 14.4 Å². The van der Waals surface area contributed by atoms with E-state index in [1.165, 1.54) is 21.9 Å². The number of carbonyl (C=O) groups is 1. The highest BCUT2D eigenvalue weighted by Crippen LogP contribution is 2.48. The largest absolute Gasteiger partial charge is 0.338 e. The van der Waals surface area contributed by atoms with Crippen LogP contribution in [0.4, 0.5) is 5.69 Å². The van der Waals surface area contributed by atoms with E-state index in [1.807, 2.05) is 4.90 Å². The maximum absolute atomic E-state index is 13.2. The third-order valence-electron chi connectivity index (χ3n) is 5.11. The predicted octanol–water partition coefficient (Wildman–Crippen LogP) is 4.55. The SMILES string of the molecule is Cc1ccc(Sc2ccc3c(c2)C2(OCCCO2)C(=O)N3CC2CC2)s1. The zero-order valence-electron chi connectivity index (χ0n) is 14.7. The van der Waals surface area contributed by atoms with Gasteiger partial charge in [0.25, 0.3) is 11.7 Å². The van der Waals surface area contributed by atoms with Crippen molar-refractivity contribution in [3.63, 3.8) is 0 Å². The van der Waals surface area contributed by atoms with Crippen molar-refractivity contribution in [2.45, 2.75) is 41.1 Å². The first-order valence-electron chi connectivity index (χ1n) is 9.14. The number of benzene rings is 1. The topological polar surface area (TPSA) is 38.8 Å². The fourth-order valence-corrected chi connectivity index (χ4v) is 5.73. The average molecular weight is 388 g/mol. The number of hydrogen-bond acceptors (Lipinski definition) is 5. The number of fused-ring (bicyclic) bond motifs is 2. The monoisotopic (exact) mass is 387 g/mol. The summed E-state index contributed by atoms with van der Waals surface area (Å²) >= 11 is 3.51. The Balaban J connectivity index is 1.53. The molecule has 1 aliphatic carbocycles. The molecule has 1 spiro atoms. The number of anilines is 1. The first-order chi connectivity index (χ1) is 12.7. The Hall–Kier alpha value is -1.34. The first kappa shape index (κ1) is 16.8. The average Bonchev–Trinajstić information content (AvgIpc) is 3.35. The summed E-state index contributed by atoms with van der Waals surface area (Å²) in [6.07, 6.45) is 3.24. The highest BCUT2D eigenvalue weighted by Gasteiger charge is 2.55. The summed E-state index contributed by atoms with van der Waals surface area (Å²) in [6.45, 7) is 4.01. The lowest BCUT2D eigenvalue weighted by atomic mass is 10.1. The van der Waals surface area contributed by atoms with Gasteiger partial charge in [-0.25, -0.2) is 0 Å². The highest BCUT2D eigenvalue weighted by molar-refractivity contribution is 8.01. The minimum atomic E-state index is -1.23. The molecule has 0 unspecified atom stereocenters. The molecular formula is C20H21NO3S2. The molecule has 136 valence electrons. The number of nitrogens with zero attached hydrogens (tertiary/aromatic N) is 1. The first-order valence-corrected chi connectivity index (χ1v) is 10.8. The molecule has 2 aliphatic heterocycles. The molecule has 1 amide bonds. The Labute approximate surface area is 161 Å². The summed E-state index contributed by atoms with van der Waals surface area (Å²) in [4.78, 5) is 17.6. The van der Waals surface area contributed by atoms with Gasteiger partial charge in [0, 0.05) is 21.9 Å². The minimum Gasteiger partial charge on any atom is -0.338 e. The quantitative estimate of drug-likeness (QED) is 0.771. The van der Waals surface area contributed by atoms with E-state index in [0.29, 0.717) is 19.1 Å². The predicted molar refractivity (Wildman–Crippen MR) is 103 cm³/mol. The molecular weight excluding hydrogens is 366 g/mol. The van der Waals surface area contributed by atoms with Gasteiger partial charge in [0.1, 0.15) is 0 Å². The second kappa shape index (κ2) is 6.37. The van der Waals surface area contributed by atoms with Crippen LogP contribution in [0, 0.1) is 12.8 Å². The van der Waals surface area contributed by atoms with Crippen LogP contribution in [0.2, 0.25) is 0 Å². The van der Waals surface area contributed by atoms with E-state index in [4.69, 9.17) is 9.47 Å². The van der Waals surface area contributed by atoms with Crippen molar-refractivity contribution in [2.75, 3.05) is 24.7 Å². The van der Waals surface area contributed by atoms with E-state index < -0.39 is 5.79 Å². The summed E-state index contributed by atoms with van der Waals surface area (Å²) in [5, 5.41) is 0. The number of rotatable bonds is 4. The minimum absolute atomic E-state index is 0.0479. The maximum Gasteiger partial charge on any atom is 0.292 e. The zero-order chi connectivity index (χ0) is 17.7. The molecule has 2 aromatic rings. The Bertz CT molecular complexity index is 852. The number of aryl methyl sites for hydroxylation is 1. The number of carbonyl (C=O) groups excluding carboxylic acids is 1. The van der Waals surface area contributed by atoms with Crippen LogP contribution >= 0.6 is 23.1 Å². The van der Waals surface area contributed by atoms with Crippen LogP contribution in [0.3, 0.4) is 0 Å². The van der Waals surface area contributed by atoms with Gasteiger partial charge in [0.15, 0.2) is 0 Å². The van der Waals surface area contributed by atoms with E-state index in [2.05, 4.69) is 37.3 Å². The molecule has 0 N–H and O–H groups in total. The number of hydrogen-bond donors (Lipinski definition) is 0. The molecule has 3 aliphatic rings. The van der Waals surface area contributed by atoms with Gasteiger partial charge in [-0.05, 0) is 62.4 Å². The van der Waals surface area contributed by atoms with Gasteiger partial charge in [-0.15, -0.1) is 11.3 Å². The Morgan fingerprint density at radius 2 is 2.04 bits per heavy atom. The maximum atomic E-state index is 13.2. The molecule has 3 heterocycles. The van der Waals surface area contributed by atoms with Crippen LogP contribution in [0.25, 0.3) is 0 Å². The van der Waals surface area contributed by atoms with Crippen molar-refractivity contribution in [3.05, 3.63) is 40.8 Å². The molecule has 5 rings (SSSR count). The van der Waals surface area contributed by atoms with Crippen molar-refractivity contribution in [3.8, 4) is 0 Å². The molecule has 6 heteroatoms. The van der Waals surface area contributed by atoms with Gasteiger partial charge in [-0.2, -0.15) is 0 Å². The van der Waals surface area contributed by atoms with E-state index in [9.17, 15) is 4.79 Å². The molecule has 26 heavy (non-hydrogen) atoms. The van der Waals surface area contributed by atoms with Crippen LogP contribution in [-0.2, 0) is 20.1 Å². The molecule has 4 nitrogen and oxygen atoms in total. The molecule has 0 bridgehead atoms. The fraction of sp³-hybridized carbons (Fsp3) is 0.450. The third kappa shape index (κ3) is 2.80. The lowest BCUT2D eigenvalue weighted by Gasteiger charge is -2.32. The summed E-state index contributed by atoms with van der Waals surface area (Å²) in [6, 6.07) is 10.5. The second-order valence-corrected chi connectivity index (χ2v) is 9.83. The van der Waals surface area contributed by atoms with Crippen molar-refractivity contribution < 1.29 is 14.3 Å². The number of amides is 1. The lowest BCUT2D eigenvalue weighted by molar-refractivity contribution is -0.256. The summed E-state index contributed by atoms with van der Waals surface area (Å²) in [5.41, 5.74) is 1.83. The van der Waals surface area contributed by atoms with Crippen molar-refractivity contribution in [2.24, 2.45) is 5.92 Å². The van der Waals surface area contributed by atoms with Gasteiger partial charge in [-0.1, -0.05) is 11.8 Å². The Morgan fingerprint density at radius 1 is 1.23 bits per heavy atom. The molecule has 0 radical (unpaired) electrons. The lowest BCUT2D eigenvalue weighted by Crippen LogP contribution is -2.47. The molecule has 0 atom stereocenters. The van der Waals surface area contributed by atoms with Crippen molar-refractivity contribution in [1.29, 1.82) is 0 Å². The number of thiophene rings is 1. The fourth-order valence-electron chi connectivity index (χ4n) is 3.61. The smallest absolute Gasteiger partial charge is 0.292 e. The van der Waals surface area contributed by atoms with Crippen LogP contribution in [-0.4, -0.2) is 25.7 Å². The van der Waals surface area contributed by atoms with Gasteiger partial charge in [0.05, 0.1) is 23.1 Å². The van der Waals surface area contributed by atoms with Crippen LogP contribution < -0.4 is 4.90 Å². The second-order valence-electron chi connectivity index (χ2n) is 7.17. The van der Waals surface area contributed by atoms with Crippen LogP contribution in [0.15, 0.2) is 39.4 Å². The Kier molecular flexibility index (Phi) is 4.12. The standard InChI is InChI=1S/C20H21NO3S2/c1-13-3-8-18(25-13)26-15-6-7-17-16(11-15)20(23-9-2-10-24-20)19(22)21(17)12-14-4-5-14/h3,6-8,11,14H,2,4-5,9-10,12H2,1H3. The van der Waals surface area contributed by atoms with Crippen molar-refractivity contribution >= 4 is 34.7 Å². The highest BCUT2D eigenvalue weighted by atomic mass is 32.2. The molecule has 1 aromatic heterocycles. The number of ether oxygens (including phenoxy) is 2. The molecule has 1 saturated heterocycles. The summed E-state index contributed by atoms with van der Waals surface area (Å²) < 4.78 is 13.2. The van der Waals surface area contributed by atoms with Gasteiger partial charge in [-0.3, -0.25) is 4.79 Å². The molecule has 2 fully saturated rings. The molecule has 1 aromatic carbocycles. The zero-order valence-corrected chi connectivity index (χ0v) is 16.3. The van der Waals surface area contributed by atoms with Crippen molar-refractivity contribution in [1.82, 2.24) is 0 Å². The van der Waals surface area contributed by atoms with Crippen LogP contribution in [0.5, 0.6) is 0 Å². The van der Waals surface area contributed by atoms with E-state index in [-0.39, 0.29) is 5.91 Å². The summed E-state index contributed by atoms with van der Waals surface area (Å²) in [5.74, 6) is -0.661. The van der Waals surface area contributed by atoms with Crippen LogP contribution in [0.1, 0.15) is 29.7 Å². The van der Waals surface area contributed by atoms with E-state index >= 15 is 0 Å². The Morgan fingerprint density at radius 3 is 2.73 bits per heavy atom. The van der Waals surface area contributed by atoms with E-state index in [1.54, 1.807) is 23.1 Å². The molecule has 1 saturated carbocycles. The normalized spacial score (nSPS) is 21.4. The van der Waals surface area contributed by atoms with E-state index in [0.717, 1.165) is 29.1 Å². The summed E-state index contributed by atoms with van der Waals surface area (Å²) in [7, 11) is 0. The van der Waals surface area contributed by atoms with Gasteiger partial charge >= 0.3 is 0 Å².